The molecule has 0 radical (unpaired) electrons. The highest BCUT2D eigenvalue weighted by molar-refractivity contribution is 5.95. The lowest BCUT2D eigenvalue weighted by Crippen LogP contribution is -2.42. The minimum Gasteiger partial charge on any atom is -0.435 e. The fourth-order valence-corrected chi connectivity index (χ4v) is 2.34. The Morgan fingerprint density at radius 3 is 2.19 bits per heavy atom. The number of amides is 3. The highest BCUT2D eigenvalue weighted by Crippen LogP contribution is 2.24. The summed E-state index contributed by atoms with van der Waals surface area (Å²) in [5.41, 5.74) is 1.63. The molecule has 0 heterocycles. The summed E-state index contributed by atoms with van der Waals surface area (Å²) in [6.45, 7) is -3.00. The number of imide groups is 1. The molecule has 26 heavy (non-hydrogen) atoms. The van der Waals surface area contributed by atoms with Crippen LogP contribution in [0.2, 0.25) is 0 Å². The van der Waals surface area contributed by atoms with Gasteiger partial charge in [-0.15, -0.1) is 0 Å². The van der Waals surface area contributed by atoms with E-state index >= 15 is 0 Å². The van der Waals surface area contributed by atoms with Crippen molar-refractivity contribution in [1.29, 1.82) is 0 Å². The van der Waals surface area contributed by atoms with Gasteiger partial charge in [0.25, 0.3) is 0 Å². The Balaban J connectivity index is 2.14. The highest BCUT2D eigenvalue weighted by Gasteiger charge is 2.16. The number of urea groups is 1. The average Bonchev–Trinajstić information content (AvgIpc) is 2.63. The fraction of sp³-hybridized carbons (Fsp3) is 0.222. The number of carbonyl (C=O) groups excluding carboxylic acids is 2. The standard InChI is InChI=1S/C18H19F2N3O3/c1-21-18(25)23-15(24)11-22-16(12-5-3-2-4-6-12)13-7-9-14(10-8-13)26-17(19)20/h2-10,16-17,22H,11H2,1H3,(H2,21,23,24,25)/t16-/m1/s1. The molecule has 0 aromatic heterocycles. The summed E-state index contributed by atoms with van der Waals surface area (Å²) in [6.07, 6.45) is 0. The summed E-state index contributed by atoms with van der Waals surface area (Å²) in [5.74, 6) is -0.448. The molecular formula is C18H19F2N3O3. The number of ether oxygens (including phenoxy) is 1. The van der Waals surface area contributed by atoms with Crippen LogP contribution in [-0.2, 0) is 4.79 Å². The third-order valence-electron chi connectivity index (χ3n) is 3.52. The van der Waals surface area contributed by atoms with E-state index in [1.807, 2.05) is 30.3 Å². The van der Waals surface area contributed by atoms with E-state index in [1.165, 1.54) is 19.2 Å². The lowest BCUT2D eigenvalue weighted by molar-refractivity contribution is -0.119. The van der Waals surface area contributed by atoms with Crippen LogP contribution in [0, 0.1) is 0 Å². The van der Waals surface area contributed by atoms with Gasteiger partial charge in [0.15, 0.2) is 0 Å². The van der Waals surface area contributed by atoms with E-state index in [0.29, 0.717) is 0 Å². The van der Waals surface area contributed by atoms with E-state index in [2.05, 4.69) is 20.7 Å². The maximum atomic E-state index is 12.3. The molecule has 0 aliphatic carbocycles. The smallest absolute Gasteiger partial charge is 0.387 e. The van der Waals surface area contributed by atoms with Crippen LogP contribution in [0.1, 0.15) is 17.2 Å². The zero-order valence-corrected chi connectivity index (χ0v) is 14.0. The van der Waals surface area contributed by atoms with Gasteiger partial charge in [-0.25, -0.2) is 4.79 Å². The number of halogens is 2. The molecule has 0 bridgehead atoms. The van der Waals surface area contributed by atoms with Crippen molar-refractivity contribution in [2.45, 2.75) is 12.7 Å². The van der Waals surface area contributed by atoms with Crippen LogP contribution in [0.25, 0.3) is 0 Å². The molecule has 0 unspecified atom stereocenters. The van der Waals surface area contributed by atoms with Gasteiger partial charge in [-0.1, -0.05) is 42.5 Å². The lowest BCUT2D eigenvalue weighted by Gasteiger charge is -2.20. The predicted octanol–water partition coefficient (Wildman–Crippen LogP) is 2.42. The fourth-order valence-electron chi connectivity index (χ4n) is 2.34. The van der Waals surface area contributed by atoms with Crippen molar-refractivity contribution >= 4 is 11.9 Å². The van der Waals surface area contributed by atoms with Gasteiger partial charge in [0.1, 0.15) is 5.75 Å². The van der Waals surface area contributed by atoms with E-state index in [1.54, 1.807) is 12.1 Å². The minimum absolute atomic E-state index is 0.0490. The van der Waals surface area contributed by atoms with Crippen LogP contribution in [0.4, 0.5) is 13.6 Å². The zero-order valence-electron chi connectivity index (χ0n) is 14.0. The third-order valence-corrected chi connectivity index (χ3v) is 3.52. The Kier molecular flexibility index (Phi) is 7.04. The molecule has 0 aliphatic rings. The molecule has 0 saturated heterocycles. The number of nitrogens with one attached hydrogen (secondary N) is 3. The Bertz CT molecular complexity index is 724. The van der Waals surface area contributed by atoms with Crippen LogP contribution in [0.15, 0.2) is 54.6 Å². The highest BCUT2D eigenvalue weighted by atomic mass is 19.3. The number of hydrogen-bond donors (Lipinski definition) is 3. The first-order valence-electron chi connectivity index (χ1n) is 7.84. The average molecular weight is 363 g/mol. The maximum Gasteiger partial charge on any atom is 0.387 e. The number of hydrogen-bond acceptors (Lipinski definition) is 4. The summed E-state index contributed by atoms with van der Waals surface area (Å²) in [5, 5.41) is 7.52. The molecule has 8 heteroatoms. The van der Waals surface area contributed by atoms with Crippen molar-refractivity contribution in [1.82, 2.24) is 16.0 Å². The second kappa shape index (κ2) is 9.47. The quantitative estimate of drug-likeness (QED) is 0.706. The Morgan fingerprint density at radius 1 is 1.00 bits per heavy atom. The van der Waals surface area contributed by atoms with Crippen LogP contribution >= 0.6 is 0 Å². The Morgan fingerprint density at radius 2 is 1.62 bits per heavy atom. The normalized spacial score (nSPS) is 11.7. The van der Waals surface area contributed by atoms with E-state index in [4.69, 9.17) is 0 Å². The number of benzene rings is 2. The van der Waals surface area contributed by atoms with Crippen LogP contribution in [0.5, 0.6) is 5.75 Å². The molecule has 2 aromatic rings. The second-order valence-corrected chi connectivity index (χ2v) is 5.30. The SMILES string of the molecule is CNC(=O)NC(=O)CN[C@H](c1ccccc1)c1ccc(OC(F)F)cc1. The summed E-state index contributed by atoms with van der Waals surface area (Å²) < 4.78 is 28.9. The monoisotopic (exact) mass is 363 g/mol. The van der Waals surface area contributed by atoms with Crippen molar-refractivity contribution in [2.75, 3.05) is 13.6 Å². The van der Waals surface area contributed by atoms with Gasteiger partial charge in [-0.3, -0.25) is 15.4 Å². The maximum absolute atomic E-state index is 12.3. The van der Waals surface area contributed by atoms with E-state index < -0.39 is 18.5 Å². The molecule has 2 rings (SSSR count). The first-order valence-corrected chi connectivity index (χ1v) is 7.84. The molecular weight excluding hydrogens is 344 g/mol. The number of carbonyl (C=O) groups is 2. The van der Waals surface area contributed by atoms with Gasteiger partial charge >= 0.3 is 12.6 Å². The number of rotatable bonds is 7. The van der Waals surface area contributed by atoms with Gasteiger partial charge in [0, 0.05) is 7.05 Å². The number of alkyl halides is 2. The minimum atomic E-state index is -2.89. The van der Waals surface area contributed by atoms with E-state index in [9.17, 15) is 18.4 Å². The van der Waals surface area contributed by atoms with Gasteiger partial charge in [0.05, 0.1) is 12.6 Å². The van der Waals surface area contributed by atoms with Crippen molar-refractivity contribution in [2.24, 2.45) is 0 Å². The Hall–Kier alpha value is -3.00. The topological polar surface area (TPSA) is 79.5 Å². The van der Waals surface area contributed by atoms with Crippen molar-refractivity contribution in [3.05, 3.63) is 65.7 Å². The van der Waals surface area contributed by atoms with Gasteiger partial charge < -0.3 is 10.1 Å². The van der Waals surface area contributed by atoms with E-state index in [0.717, 1.165) is 11.1 Å². The van der Waals surface area contributed by atoms with E-state index in [-0.39, 0.29) is 18.3 Å². The first kappa shape index (κ1) is 19.3. The summed E-state index contributed by atoms with van der Waals surface area (Å²) in [6, 6.07) is 14.5. The van der Waals surface area contributed by atoms with Crippen molar-refractivity contribution in [3.8, 4) is 5.75 Å². The summed E-state index contributed by atoms with van der Waals surface area (Å²) in [7, 11) is 1.41. The van der Waals surface area contributed by atoms with Crippen LogP contribution < -0.4 is 20.7 Å². The molecule has 0 spiro atoms. The van der Waals surface area contributed by atoms with Gasteiger partial charge in [-0.05, 0) is 23.3 Å². The van der Waals surface area contributed by atoms with Gasteiger partial charge in [-0.2, -0.15) is 8.78 Å². The lowest BCUT2D eigenvalue weighted by atomic mass is 9.98. The molecule has 1 atom stereocenters. The van der Waals surface area contributed by atoms with Crippen LogP contribution in [-0.4, -0.2) is 32.1 Å². The Labute approximate surface area is 149 Å². The molecule has 2 aromatic carbocycles. The summed E-state index contributed by atoms with van der Waals surface area (Å²) >= 11 is 0. The molecule has 138 valence electrons. The molecule has 3 amide bonds. The van der Waals surface area contributed by atoms with Crippen molar-refractivity contribution < 1.29 is 23.1 Å². The molecule has 0 fully saturated rings. The first-order chi connectivity index (χ1) is 12.5. The van der Waals surface area contributed by atoms with Crippen molar-refractivity contribution in [3.63, 3.8) is 0 Å². The van der Waals surface area contributed by atoms with Crippen LogP contribution in [0.3, 0.4) is 0 Å². The molecule has 3 N–H and O–H groups in total. The molecule has 0 saturated carbocycles. The molecule has 0 aliphatic heterocycles. The summed E-state index contributed by atoms with van der Waals surface area (Å²) in [4.78, 5) is 23.0. The van der Waals surface area contributed by atoms with Gasteiger partial charge in [0.2, 0.25) is 5.91 Å². The predicted molar refractivity (Wildman–Crippen MR) is 92.0 cm³/mol. The molecule has 6 nitrogen and oxygen atoms in total. The largest absolute Gasteiger partial charge is 0.435 e. The zero-order chi connectivity index (χ0) is 18.9. The third kappa shape index (κ3) is 5.82. The second-order valence-electron chi connectivity index (χ2n) is 5.30.